The average Bonchev–Trinajstić information content (AvgIpc) is 2.66. The van der Waals surface area contributed by atoms with E-state index in [4.69, 9.17) is 0 Å². The summed E-state index contributed by atoms with van der Waals surface area (Å²) in [5.74, 6) is -1.23. The van der Waals surface area contributed by atoms with E-state index in [1.54, 1.807) is 25.1 Å². The number of nitrogens with zero attached hydrogens (tertiary/aromatic N) is 1. The minimum Gasteiger partial charge on any atom is -0.506 e. The van der Waals surface area contributed by atoms with Crippen molar-refractivity contribution in [2.45, 2.75) is 19.9 Å². The van der Waals surface area contributed by atoms with Crippen LogP contribution in [0.5, 0.6) is 5.75 Å². The minimum atomic E-state index is -0.486. The van der Waals surface area contributed by atoms with Crippen LogP contribution in [0.15, 0.2) is 36.7 Å². The standard InChI is InChI=1S/C19H17IN4O4/c1-2-17(26)23-15-9-22-11(6-16(15)25)7-21-8-14-13-5-10(20)3-4-12(13)18(27)24-19(14)28/h3-6,8-9,21H,2,7H2,1H3,(H,22,25)(H,23,26)(H,24,27,28)/b14-8-. The van der Waals surface area contributed by atoms with Crippen LogP contribution >= 0.6 is 22.6 Å². The van der Waals surface area contributed by atoms with Gasteiger partial charge >= 0.3 is 0 Å². The molecule has 144 valence electrons. The summed E-state index contributed by atoms with van der Waals surface area (Å²) >= 11 is 2.12. The zero-order valence-electron chi connectivity index (χ0n) is 14.9. The number of fused-ring (bicyclic) bond motifs is 1. The lowest BCUT2D eigenvalue weighted by Crippen LogP contribution is -2.37. The molecule has 0 aliphatic carbocycles. The molecule has 9 heteroatoms. The van der Waals surface area contributed by atoms with Gasteiger partial charge in [0.05, 0.1) is 24.0 Å². The Kier molecular flexibility index (Phi) is 5.93. The van der Waals surface area contributed by atoms with Gasteiger partial charge in [-0.25, -0.2) is 0 Å². The molecule has 2 heterocycles. The van der Waals surface area contributed by atoms with Crippen LogP contribution in [-0.2, 0) is 16.1 Å². The first-order valence-corrected chi connectivity index (χ1v) is 9.53. The van der Waals surface area contributed by atoms with E-state index in [1.807, 2.05) is 0 Å². The number of imide groups is 1. The summed E-state index contributed by atoms with van der Waals surface area (Å²) in [4.78, 5) is 39.8. The van der Waals surface area contributed by atoms with Crippen LogP contribution in [-0.4, -0.2) is 27.8 Å². The Labute approximate surface area is 174 Å². The Balaban J connectivity index is 1.76. The number of hydrogen-bond donors (Lipinski definition) is 4. The van der Waals surface area contributed by atoms with Crippen LogP contribution in [0, 0.1) is 3.57 Å². The van der Waals surface area contributed by atoms with Gasteiger partial charge < -0.3 is 15.7 Å². The summed E-state index contributed by atoms with van der Waals surface area (Å²) in [5.41, 5.74) is 2.08. The van der Waals surface area contributed by atoms with Crippen molar-refractivity contribution in [3.8, 4) is 5.75 Å². The smallest absolute Gasteiger partial charge is 0.260 e. The number of amides is 3. The Bertz CT molecular complexity index is 1000. The van der Waals surface area contributed by atoms with Crippen LogP contribution in [0.3, 0.4) is 0 Å². The van der Waals surface area contributed by atoms with Gasteiger partial charge in [-0.1, -0.05) is 6.92 Å². The molecular formula is C19H17IN4O4. The molecule has 3 amide bonds. The first kappa shape index (κ1) is 19.8. The van der Waals surface area contributed by atoms with Crippen molar-refractivity contribution in [3.63, 3.8) is 0 Å². The first-order valence-electron chi connectivity index (χ1n) is 8.46. The molecule has 0 fully saturated rings. The third-order valence-corrected chi connectivity index (χ3v) is 4.72. The molecular weight excluding hydrogens is 475 g/mol. The molecule has 0 atom stereocenters. The molecule has 28 heavy (non-hydrogen) atoms. The molecule has 3 rings (SSSR count). The van der Waals surface area contributed by atoms with Gasteiger partial charge in [-0.2, -0.15) is 0 Å². The fourth-order valence-corrected chi connectivity index (χ4v) is 3.11. The fourth-order valence-electron chi connectivity index (χ4n) is 2.62. The lowest BCUT2D eigenvalue weighted by Gasteiger charge is -2.18. The molecule has 2 aromatic rings. The monoisotopic (exact) mass is 492 g/mol. The topological polar surface area (TPSA) is 120 Å². The lowest BCUT2D eigenvalue weighted by atomic mass is 9.96. The highest BCUT2D eigenvalue weighted by molar-refractivity contribution is 14.1. The van der Waals surface area contributed by atoms with E-state index < -0.39 is 11.8 Å². The molecule has 0 bridgehead atoms. The predicted octanol–water partition coefficient (Wildman–Crippen LogP) is 2.14. The first-order chi connectivity index (χ1) is 13.4. The molecule has 0 spiro atoms. The van der Waals surface area contributed by atoms with Crippen LogP contribution < -0.4 is 16.0 Å². The van der Waals surface area contributed by atoms with Gasteiger partial charge in [-0.3, -0.25) is 24.7 Å². The summed E-state index contributed by atoms with van der Waals surface area (Å²) in [6.45, 7) is 1.94. The molecule has 8 nitrogen and oxygen atoms in total. The molecule has 4 N–H and O–H groups in total. The van der Waals surface area contributed by atoms with E-state index in [2.05, 4.69) is 43.5 Å². The Morgan fingerprint density at radius 1 is 1.25 bits per heavy atom. The van der Waals surface area contributed by atoms with Crippen molar-refractivity contribution in [2.24, 2.45) is 0 Å². The highest BCUT2D eigenvalue weighted by atomic mass is 127. The second kappa shape index (κ2) is 8.38. The number of hydrogen-bond acceptors (Lipinski definition) is 6. The highest BCUT2D eigenvalue weighted by Gasteiger charge is 2.27. The van der Waals surface area contributed by atoms with Gasteiger partial charge in [0, 0.05) is 33.4 Å². The van der Waals surface area contributed by atoms with Crippen molar-refractivity contribution < 1.29 is 19.5 Å². The van der Waals surface area contributed by atoms with E-state index in [0.717, 1.165) is 3.57 Å². The number of benzene rings is 1. The maximum absolute atomic E-state index is 12.2. The number of carbonyl (C=O) groups excluding carboxylic acids is 3. The largest absolute Gasteiger partial charge is 0.506 e. The van der Waals surface area contributed by atoms with Crippen molar-refractivity contribution in [1.29, 1.82) is 0 Å². The number of rotatable bonds is 5. The van der Waals surface area contributed by atoms with Crippen molar-refractivity contribution >= 4 is 51.6 Å². The van der Waals surface area contributed by atoms with E-state index in [-0.39, 0.29) is 23.9 Å². The maximum Gasteiger partial charge on any atom is 0.260 e. The molecule has 0 saturated heterocycles. The molecule has 0 saturated carbocycles. The summed E-state index contributed by atoms with van der Waals surface area (Å²) in [6.07, 6.45) is 3.18. The number of carbonyl (C=O) groups is 3. The second-order valence-corrected chi connectivity index (χ2v) is 7.25. The number of nitrogens with one attached hydrogen (secondary N) is 3. The fraction of sp³-hybridized carbons (Fsp3) is 0.158. The maximum atomic E-state index is 12.2. The third kappa shape index (κ3) is 4.30. The van der Waals surface area contributed by atoms with Crippen molar-refractivity contribution in [2.75, 3.05) is 5.32 Å². The van der Waals surface area contributed by atoms with Gasteiger partial charge in [0.15, 0.2) is 0 Å². The van der Waals surface area contributed by atoms with Crippen molar-refractivity contribution in [3.05, 3.63) is 57.1 Å². The van der Waals surface area contributed by atoms with E-state index in [1.165, 1.54) is 18.5 Å². The second-order valence-electron chi connectivity index (χ2n) is 6.01. The Morgan fingerprint density at radius 2 is 2.04 bits per heavy atom. The number of aromatic nitrogens is 1. The number of anilines is 1. The zero-order valence-corrected chi connectivity index (χ0v) is 17.0. The molecule has 0 unspecified atom stereocenters. The zero-order chi connectivity index (χ0) is 20.3. The normalized spacial score (nSPS) is 14.4. The summed E-state index contributed by atoms with van der Waals surface area (Å²) < 4.78 is 0.904. The number of halogens is 1. The molecule has 1 aromatic carbocycles. The van der Waals surface area contributed by atoms with Crippen molar-refractivity contribution in [1.82, 2.24) is 15.6 Å². The SMILES string of the molecule is CCC(=O)Nc1cnc(CN/C=C2\C(=O)NC(=O)c3ccc(I)cc32)cc1O. The predicted molar refractivity (Wildman–Crippen MR) is 111 cm³/mol. The van der Waals surface area contributed by atoms with Crippen LogP contribution in [0.2, 0.25) is 0 Å². The van der Waals surface area contributed by atoms with Crippen LogP contribution in [0.4, 0.5) is 5.69 Å². The van der Waals surface area contributed by atoms with Gasteiger partial charge in [-0.05, 0) is 40.8 Å². The average molecular weight is 492 g/mol. The number of pyridine rings is 1. The Morgan fingerprint density at radius 3 is 2.75 bits per heavy atom. The summed E-state index contributed by atoms with van der Waals surface area (Å²) in [7, 11) is 0. The molecule has 1 aromatic heterocycles. The van der Waals surface area contributed by atoms with E-state index in [0.29, 0.717) is 28.8 Å². The van der Waals surface area contributed by atoms with Crippen LogP contribution in [0.25, 0.3) is 5.57 Å². The van der Waals surface area contributed by atoms with E-state index >= 15 is 0 Å². The number of aromatic hydroxyl groups is 1. The van der Waals surface area contributed by atoms with Gasteiger partial charge in [0.25, 0.3) is 11.8 Å². The molecule has 1 aliphatic heterocycles. The minimum absolute atomic E-state index is 0.0952. The summed E-state index contributed by atoms with van der Waals surface area (Å²) in [6, 6.07) is 6.68. The Hall–Kier alpha value is -2.95. The van der Waals surface area contributed by atoms with Crippen LogP contribution in [0.1, 0.15) is 35.0 Å². The summed E-state index contributed by atoms with van der Waals surface area (Å²) in [5, 5.41) is 17.9. The van der Waals surface area contributed by atoms with Gasteiger partial charge in [0.2, 0.25) is 5.91 Å². The van der Waals surface area contributed by atoms with E-state index in [9.17, 15) is 19.5 Å². The molecule has 0 radical (unpaired) electrons. The van der Waals surface area contributed by atoms with Gasteiger partial charge in [0.1, 0.15) is 11.4 Å². The third-order valence-electron chi connectivity index (χ3n) is 4.05. The molecule has 1 aliphatic rings. The quantitative estimate of drug-likeness (QED) is 0.289. The highest BCUT2D eigenvalue weighted by Crippen LogP contribution is 2.26. The lowest BCUT2D eigenvalue weighted by molar-refractivity contribution is -0.116. The van der Waals surface area contributed by atoms with Gasteiger partial charge in [-0.15, -0.1) is 0 Å².